The van der Waals surface area contributed by atoms with Crippen molar-refractivity contribution in [2.75, 3.05) is 7.05 Å². The Bertz CT molecular complexity index is 873. The smallest absolute Gasteiger partial charge is 0.259 e. The van der Waals surface area contributed by atoms with Gasteiger partial charge >= 0.3 is 0 Å². The quantitative estimate of drug-likeness (QED) is 0.727. The standard InChI is InChI=1S/C19H18FN3O2/c1-12-17(13(2)25-22-12)19(24)23(3)18(16-9-4-5-10-21-16)14-7-6-8-15(20)11-14/h4-11,18H,1-3H3. The average Bonchev–Trinajstić information content (AvgIpc) is 2.94. The third kappa shape index (κ3) is 3.28. The number of aromatic nitrogens is 2. The molecule has 1 atom stereocenters. The lowest BCUT2D eigenvalue weighted by Crippen LogP contribution is -2.33. The zero-order chi connectivity index (χ0) is 18.0. The van der Waals surface area contributed by atoms with Gasteiger partial charge in [0.25, 0.3) is 5.91 Å². The van der Waals surface area contributed by atoms with Gasteiger partial charge in [0.1, 0.15) is 17.1 Å². The summed E-state index contributed by atoms with van der Waals surface area (Å²) >= 11 is 0. The van der Waals surface area contributed by atoms with Crippen LogP contribution in [0.2, 0.25) is 0 Å². The highest BCUT2D eigenvalue weighted by molar-refractivity contribution is 5.96. The molecule has 1 amide bonds. The van der Waals surface area contributed by atoms with Gasteiger partial charge in [0.15, 0.2) is 0 Å². The van der Waals surface area contributed by atoms with E-state index in [9.17, 15) is 9.18 Å². The number of carbonyl (C=O) groups is 1. The average molecular weight is 339 g/mol. The van der Waals surface area contributed by atoms with Crippen LogP contribution in [0.1, 0.15) is 39.1 Å². The van der Waals surface area contributed by atoms with Gasteiger partial charge in [-0.25, -0.2) is 4.39 Å². The molecule has 0 saturated carbocycles. The third-order valence-corrected chi connectivity index (χ3v) is 4.09. The molecule has 0 aliphatic heterocycles. The van der Waals surface area contributed by atoms with E-state index in [1.165, 1.54) is 17.0 Å². The third-order valence-electron chi connectivity index (χ3n) is 4.09. The van der Waals surface area contributed by atoms with Gasteiger partial charge in [-0.2, -0.15) is 0 Å². The highest BCUT2D eigenvalue weighted by Gasteiger charge is 2.29. The number of halogens is 1. The number of rotatable bonds is 4. The molecule has 1 unspecified atom stereocenters. The maximum atomic E-state index is 13.8. The molecule has 3 rings (SSSR count). The Labute approximate surface area is 145 Å². The van der Waals surface area contributed by atoms with Gasteiger partial charge in [0.05, 0.1) is 17.4 Å². The number of benzene rings is 1. The summed E-state index contributed by atoms with van der Waals surface area (Å²) < 4.78 is 18.9. The second kappa shape index (κ2) is 6.84. The molecule has 1 aromatic carbocycles. The lowest BCUT2D eigenvalue weighted by atomic mass is 10.0. The van der Waals surface area contributed by atoms with Crippen LogP contribution in [0.15, 0.2) is 53.2 Å². The molecule has 0 radical (unpaired) electrons. The van der Waals surface area contributed by atoms with E-state index >= 15 is 0 Å². The summed E-state index contributed by atoms with van der Waals surface area (Å²) in [6, 6.07) is 11.1. The van der Waals surface area contributed by atoms with Gasteiger partial charge in [-0.3, -0.25) is 9.78 Å². The van der Waals surface area contributed by atoms with Crippen LogP contribution < -0.4 is 0 Å². The van der Waals surface area contributed by atoms with Gasteiger partial charge < -0.3 is 9.42 Å². The van der Waals surface area contributed by atoms with Crippen LogP contribution in [0.3, 0.4) is 0 Å². The van der Waals surface area contributed by atoms with Gasteiger partial charge in [0, 0.05) is 13.2 Å². The fourth-order valence-corrected chi connectivity index (χ4v) is 2.89. The Balaban J connectivity index is 2.07. The molecular weight excluding hydrogens is 321 g/mol. The Hall–Kier alpha value is -3.02. The number of carbonyl (C=O) groups excluding carboxylic acids is 1. The van der Waals surface area contributed by atoms with Crippen LogP contribution in [-0.2, 0) is 0 Å². The van der Waals surface area contributed by atoms with Crippen LogP contribution in [0, 0.1) is 19.7 Å². The SMILES string of the molecule is Cc1noc(C)c1C(=O)N(C)C(c1cccc(F)c1)c1ccccn1. The molecule has 128 valence electrons. The second-order valence-corrected chi connectivity index (χ2v) is 5.83. The molecule has 25 heavy (non-hydrogen) atoms. The molecule has 0 aliphatic rings. The minimum absolute atomic E-state index is 0.254. The van der Waals surface area contributed by atoms with Crippen LogP contribution >= 0.6 is 0 Å². The minimum Gasteiger partial charge on any atom is -0.361 e. The lowest BCUT2D eigenvalue weighted by Gasteiger charge is -2.28. The first-order valence-electron chi connectivity index (χ1n) is 7.85. The summed E-state index contributed by atoms with van der Waals surface area (Å²) in [5, 5.41) is 3.84. The number of amides is 1. The molecule has 0 aliphatic carbocycles. The molecule has 0 spiro atoms. The van der Waals surface area contributed by atoms with Crippen molar-refractivity contribution < 1.29 is 13.7 Å². The van der Waals surface area contributed by atoms with Gasteiger partial charge in [-0.05, 0) is 43.7 Å². The Morgan fingerprint density at radius 1 is 1.20 bits per heavy atom. The summed E-state index contributed by atoms with van der Waals surface area (Å²) in [7, 11) is 1.67. The van der Waals surface area contributed by atoms with E-state index < -0.39 is 6.04 Å². The van der Waals surface area contributed by atoms with E-state index in [-0.39, 0.29) is 11.7 Å². The van der Waals surface area contributed by atoms with Gasteiger partial charge in [-0.1, -0.05) is 23.4 Å². The van der Waals surface area contributed by atoms with Crippen LogP contribution in [0.4, 0.5) is 4.39 Å². The van der Waals surface area contributed by atoms with Crippen molar-refractivity contribution >= 4 is 5.91 Å². The van der Waals surface area contributed by atoms with Crippen LogP contribution in [0.5, 0.6) is 0 Å². The van der Waals surface area contributed by atoms with E-state index in [1.807, 2.05) is 12.1 Å². The molecule has 2 heterocycles. The second-order valence-electron chi connectivity index (χ2n) is 5.83. The molecule has 6 heteroatoms. The van der Waals surface area contributed by atoms with E-state index in [4.69, 9.17) is 4.52 Å². The molecule has 3 aromatic rings. The fraction of sp³-hybridized carbons (Fsp3) is 0.211. The van der Waals surface area contributed by atoms with Crippen LogP contribution in [-0.4, -0.2) is 28.0 Å². The van der Waals surface area contributed by atoms with E-state index in [1.54, 1.807) is 45.3 Å². The van der Waals surface area contributed by atoms with Crippen LogP contribution in [0.25, 0.3) is 0 Å². The molecule has 0 N–H and O–H groups in total. The predicted octanol–water partition coefficient (Wildman–Crippen LogP) is 3.69. The monoisotopic (exact) mass is 339 g/mol. The van der Waals surface area contributed by atoms with Gasteiger partial charge in [-0.15, -0.1) is 0 Å². The minimum atomic E-state index is -0.530. The van der Waals surface area contributed by atoms with Crippen molar-refractivity contribution in [2.45, 2.75) is 19.9 Å². The summed E-state index contributed by atoms with van der Waals surface area (Å²) in [6.45, 7) is 3.41. The Morgan fingerprint density at radius 2 is 2.00 bits per heavy atom. The summed E-state index contributed by atoms with van der Waals surface area (Å²) in [5.74, 6) is -0.166. The first kappa shape index (κ1) is 16.8. The predicted molar refractivity (Wildman–Crippen MR) is 90.6 cm³/mol. The molecule has 0 fully saturated rings. The number of nitrogens with zero attached hydrogens (tertiary/aromatic N) is 3. The zero-order valence-electron chi connectivity index (χ0n) is 14.2. The normalized spacial score (nSPS) is 12.0. The number of pyridine rings is 1. The largest absolute Gasteiger partial charge is 0.361 e. The topological polar surface area (TPSA) is 59.2 Å². The fourth-order valence-electron chi connectivity index (χ4n) is 2.89. The van der Waals surface area contributed by atoms with Crippen molar-refractivity contribution in [3.05, 3.63) is 82.8 Å². The number of aryl methyl sites for hydroxylation is 2. The van der Waals surface area contributed by atoms with E-state index in [0.717, 1.165) is 0 Å². The lowest BCUT2D eigenvalue weighted by molar-refractivity contribution is 0.0750. The summed E-state index contributed by atoms with van der Waals surface area (Å²) in [4.78, 5) is 18.9. The first-order valence-corrected chi connectivity index (χ1v) is 7.85. The maximum Gasteiger partial charge on any atom is 0.259 e. The molecule has 0 saturated heterocycles. The highest BCUT2D eigenvalue weighted by atomic mass is 19.1. The van der Waals surface area contributed by atoms with E-state index in [2.05, 4.69) is 10.1 Å². The number of hydrogen-bond acceptors (Lipinski definition) is 4. The van der Waals surface area contributed by atoms with Crippen molar-refractivity contribution in [1.82, 2.24) is 15.0 Å². The summed E-state index contributed by atoms with van der Waals surface area (Å²) in [6.07, 6.45) is 1.65. The van der Waals surface area contributed by atoms with Crippen molar-refractivity contribution in [3.63, 3.8) is 0 Å². The Kier molecular flexibility index (Phi) is 4.61. The van der Waals surface area contributed by atoms with E-state index in [0.29, 0.717) is 28.3 Å². The molecular formula is C19H18FN3O2. The first-order chi connectivity index (χ1) is 12.0. The Morgan fingerprint density at radius 3 is 2.60 bits per heavy atom. The molecule has 5 nitrogen and oxygen atoms in total. The highest BCUT2D eigenvalue weighted by Crippen LogP contribution is 2.29. The maximum absolute atomic E-state index is 13.8. The molecule has 0 bridgehead atoms. The van der Waals surface area contributed by atoms with Crippen molar-refractivity contribution in [2.24, 2.45) is 0 Å². The number of hydrogen-bond donors (Lipinski definition) is 0. The molecule has 2 aromatic heterocycles. The van der Waals surface area contributed by atoms with Gasteiger partial charge in [0.2, 0.25) is 0 Å². The summed E-state index contributed by atoms with van der Waals surface area (Å²) in [5.41, 5.74) is 2.23. The zero-order valence-corrected chi connectivity index (χ0v) is 14.2. The van der Waals surface area contributed by atoms with Crippen molar-refractivity contribution in [3.8, 4) is 0 Å². The van der Waals surface area contributed by atoms with Crippen molar-refractivity contribution in [1.29, 1.82) is 0 Å².